The van der Waals surface area contributed by atoms with Crippen molar-refractivity contribution in [3.63, 3.8) is 0 Å². The van der Waals surface area contributed by atoms with Crippen molar-refractivity contribution in [3.8, 4) is 0 Å². The Hall–Kier alpha value is -1.36. The predicted molar refractivity (Wildman–Crippen MR) is 79.6 cm³/mol. The van der Waals surface area contributed by atoms with Gasteiger partial charge in [-0.15, -0.1) is 0 Å². The van der Waals surface area contributed by atoms with Crippen LogP contribution >= 0.6 is 0 Å². The zero-order chi connectivity index (χ0) is 14.3. The molecule has 1 heterocycles. The molecule has 0 aliphatic carbocycles. The second-order valence-electron chi connectivity index (χ2n) is 5.18. The normalized spacial score (nSPS) is 12.5. The Labute approximate surface area is 115 Å². The average molecular weight is 266 g/mol. The van der Waals surface area contributed by atoms with Crippen LogP contribution in [0.25, 0.3) is 0 Å². The quantitative estimate of drug-likeness (QED) is 0.674. The number of nitrogens with zero attached hydrogens (tertiary/aromatic N) is 2. The molecular weight excluding hydrogens is 240 g/mol. The minimum Gasteiger partial charge on any atom is -0.396 e. The van der Waals surface area contributed by atoms with Crippen molar-refractivity contribution < 1.29 is 5.11 Å². The molecule has 0 saturated carbocycles. The minimum absolute atomic E-state index is 0.229. The second kappa shape index (κ2) is 7.94. The third-order valence-electron chi connectivity index (χ3n) is 2.87. The Morgan fingerprint density at radius 1 is 1.16 bits per heavy atom. The zero-order valence-corrected chi connectivity index (χ0v) is 12.4. The Kier molecular flexibility index (Phi) is 6.56. The van der Waals surface area contributed by atoms with Gasteiger partial charge >= 0.3 is 0 Å². The van der Waals surface area contributed by atoms with E-state index in [4.69, 9.17) is 5.11 Å². The van der Waals surface area contributed by atoms with Crippen molar-refractivity contribution in [2.45, 2.75) is 40.0 Å². The van der Waals surface area contributed by atoms with E-state index in [0.717, 1.165) is 37.0 Å². The summed E-state index contributed by atoms with van der Waals surface area (Å²) in [4.78, 5) is 9.01. The van der Waals surface area contributed by atoms with Gasteiger partial charge < -0.3 is 15.7 Å². The fraction of sp³-hybridized carbons (Fsp3) is 0.714. The van der Waals surface area contributed by atoms with Gasteiger partial charge in [0.15, 0.2) is 0 Å². The maximum atomic E-state index is 8.90. The van der Waals surface area contributed by atoms with Gasteiger partial charge in [-0.25, -0.2) is 9.97 Å². The molecule has 108 valence electrons. The highest BCUT2D eigenvalue weighted by atomic mass is 16.3. The van der Waals surface area contributed by atoms with Crippen LogP contribution in [0.2, 0.25) is 0 Å². The number of anilines is 2. The van der Waals surface area contributed by atoms with E-state index in [1.165, 1.54) is 0 Å². The molecule has 0 radical (unpaired) electrons. The Balaban J connectivity index is 2.75. The van der Waals surface area contributed by atoms with Crippen LogP contribution in [0, 0.1) is 5.92 Å². The lowest BCUT2D eigenvalue weighted by Gasteiger charge is -2.14. The summed E-state index contributed by atoms with van der Waals surface area (Å²) in [5, 5.41) is 15.4. The highest BCUT2D eigenvalue weighted by Crippen LogP contribution is 2.17. The van der Waals surface area contributed by atoms with E-state index < -0.39 is 0 Å². The lowest BCUT2D eigenvalue weighted by Crippen LogP contribution is -2.15. The van der Waals surface area contributed by atoms with Gasteiger partial charge in [0.25, 0.3) is 0 Å². The van der Waals surface area contributed by atoms with Crippen LogP contribution in [-0.2, 0) is 0 Å². The monoisotopic (exact) mass is 266 g/mol. The minimum atomic E-state index is 0.229. The average Bonchev–Trinajstić information content (AvgIpc) is 2.37. The lowest BCUT2D eigenvalue weighted by molar-refractivity contribution is 0.266. The van der Waals surface area contributed by atoms with Crippen LogP contribution < -0.4 is 10.6 Å². The first-order valence-corrected chi connectivity index (χ1v) is 7.04. The molecule has 0 aromatic carbocycles. The summed E-state index contributed by atoms with van der Waals surface area (Å²) in [5.74, 6) is 3.27. The summed E-state index contributed by atoms with van der Waals surface area (Å²) in [7, 11) is 0. The first kappa shape index (κ1) is 15.7. The van der Waals surface area contributed by atoms with Crippen molar-refractivity contribution in [2.75, 3.05) is 30.3 Å². The van der Waals surface area contributed by atoms with Crippen molar-refractivity contribution in [3.05, 3.63) is 11.9 Å². The van der Waals surface area contributed by atoms with E-state index in [9.17, 15) is 0 Å². The van der Waals surface area contributed by atoms with E-state index >= 15 is 0 Å². The second-order valence-corrected chi connectivity index (χ2v) is 5.18. The number of aliphatic hydroxyl groups excluding tert-OH is 1. The van der Waals surface area contributed by atoms with Crippen molar-refractivity contribution in [1.82, 2.24) is 9.97 Å². The molecule has 19 heavy (non-hydrogen) atoms. The summed E-state index contributed by atoms with van der Waals surface area (Å²) < 4.78 is 0. The van der Waals surface area contributed by atoms with Gasteiger partial charge in [-0.05, 0) is 19.3 Å². The van der Waals surface area contributed by atoms with E-state index in [-0.39, 0.29) is 6.61 Å². The Morgan fingerprint density at radius 3 is 2.32 bits per heavy atom. The molecule has 3 N–H and O–H groups in total. The third-order valence-corrected chi connectivity index (χ3v) is 2.87. The van der Waals surface area contributed by atoms with Crippen LogP contribution in [0.4, 0.5) is 11.6 Å². The van der Waals surface area contributed by atoms with Crippen molar-refractivity contribution in [2.24, 2.45) is 5.92 Å². The molecule has 1 aromatic heterocycles. The standard InChI is InChI=1S/C14H26N4O/c1-5-15-12-8-13(16-9-11(4)6-7-19)18-14(17-12)10(2)3/h8,10-11,19H,5-7,9H2,1-4H3,(H2,15,16,17,18). The molecule has 0 bridgehead atoms. The van der Waals surface area contributed by atoms with E-state index in [1.54, 1.807) is 0 Å². The molecular formula is C14H26N4O. The number of aromatic nitrogens is 2. The van der Waals surface area contributed by atoms with Gasteiger partial charge in [0, 0.05) is 31.7 Å². The fourth-order valence-electron chi connectivity index (χ4n) is 1.69. The number of hydrogen-bond donors (Lipinski definition) is 3. The van der Waals surface area contributed by atoms with Crippen molar-refractivity contribution >= 4 is 11.6 Å². The van der Waals surface area contributed by atoms with Crippen LogP contribution in [0.1, 0.15) is 45.9 Å². The van der Waals surface area contributed by atoms with Crippen LogP contribution in [-0.4, -0.2) is 34.8 Å². The van der Waals surface area contributed by atoms with Gasteiger partial charge in [0.1, 0.15) is 17.5 Å². The van der Waals surface area contributed by atoms with Crippen LogP contribution in [0.15, 0.2) is 6.07 Å². The smallest absolute Gasteiger partial charge is 0.135 e. The Bertz CT molecular complexity index is 382. The maximum Gasteiger partial charge on any atom is 0.135 e. The van der Waals surface area contributed by atoms with Gasteiger partial charge in [0.2, 0.25) is 0 Å². The van der Waals surface area contributed by atoms with E-state index in [1.807, 2.05) is 13.0 Å². The molecule has 0 amide bonds. The summed E-state index contributed by atoms with van der Waals surface area (Å²) in [6.45, 7) is 10.2. The van der Waals surface area contributed by atoms with Gasteiger partial charge in [-0.1, -0.05) is 20.8 Å². The van der Waals surface area contributed by atoms with E-state index in [2.05, 4.69) is 41.4 Å². The molecule has 1 aromatic rings. The zero-order valence-electron chi connectivity index (χ0n) is 12.4. The summed E-state index contributed by atoms with van der Waals surface area (Å²) in [6, 6.07) is 1.93. The highest BCUT2D eigenvalue weighted by Gasteiger charge is 2.08. The van der Waals surface area contributed by atoms with E-state index in [0.29, 0.717) is 11.8 Å². The molecule has 5 nitrogen and oxygen atoms in total. The number of nitrogens with one attached hydrogen (secondary N) is 2. The molecule has 0 spiro atoms. The lowest BCUT2D eigenvalue weighted by atomic mass is 10.1. The number of hydrogen-bond acceptors (Lipinski definition) is 5. The molecule has 0 saturated heterocycles. The molecule has 1 atom stereocenters. The van der Waals surface area contributed by atoms with Crippen molar-refractivity contribution in [1.29, 1.82) is 0 Å². The Morgan fingerprint density at radius 2 is 1.79 bits per heavy atom. The highest BCUT2D eigenvalue weighted by molar-refractivity contribution is 5.47. The summed E-state index contributed by atoms with van der Waals surface area (Å²) >= 11 is 0. The number of rotatable bonds is 8. The molecule has 5 heteroatoms. The molecule has 1 unspecified atom stereocenters. The van der Waals surface area contributed by atoms with Gasteiger partial charge in [0.05, 0.1) is 0 Å². The van der Waals surface area contributed by atoms with Crippen LogP contribution in [0.3, 0.4) is 0 Å². The fourth-order valence-corrected chi connectivity index (χ4v) is 1.69. The topological polar surface area (TPSA) is 70.1 Å². The largest absolute Gasteiger partial charge is 0.396 e. The first-order valence-electron chi connectivity index (χ1n) is 7.04. The molecule has 0 fully saturated rings. The predicted octanol–water partition coefficient (Wildman–Crippen LogP) is 2.46. The molecule has 0 aliphatic heterocycles. The summed E-state index contributed by atoms with van der Waals surface area (Å²) in [6.07, 6.45) is 0.801. The molecule has 1 rings (SSSR count). The SMILES string of the molecule is CCNc1cc(NCC(C)CCO)nc(C(C)C)n1. The first-order chi connectivity index (χ1) is 9.06. The number of aliphatic hydroxyl groups is 1. The molecule has 0 aliphatic rings. The van der Waals surface area contributed by atoms with Crippen LogP contribution in [0.5, 0.6) is 0 Å². The third kappa shape index (κ3) is 5.42. The van der Waals surface area contributed by atoms with Gasteiger partial charge in [-0.2, -0.15) is 0 Å². The summed E-state index contributed by atoms with van der Waals surface area (Å²) in [5.41, 5.74) is 0. The maximum absolute atomic E-state index is 8.90. The van der Waals surface area contributed by atoms with Gasteiger partial charge in [-0.3, -0.25) is 0 Å².